The van der Waals surface area contributed by atoms with Crippen molar-refractivity contribution in [1.82, 2.24) is 0 Å². The maximum Gasteiger partial charge on any atom is 0.0805 e. The molecule has 0 heterocycles. The fourth-order valence-electron chi connectivity index (χ4n) is 1.61. The van der Waals surface area contributed by atoms with Crippen LogP contribution in [0.2, 0.25) is 0 Å². The van der Waals surface area contributed by atoms with Crippen LogP contribution in [0.4, 0.5) is 0 Å². The molecule has 0 fully saturated rings. The van der Waals surface area contributed by atoms with E-state index in [1.807, 2.05) is 0 Å². The quantitative estimate of drug-likeness (QED) is 0.665. The molecule has 0 aliphatic carbocycles. The molecule has 1 atom stereocenters. The summed E-state index contributed by atoms with van der Waals surface area (Å²) in [5, 5.41) is 0. The third-order valence-electron chi connectivity index (χ3n) is 2.49. The number of unbranched alkanes of at least 4 members (excludes halogenated alkanes) is 1. The zero-order valence-electron chi connectivity index (χ0n) is 9.60. The van der Waals surface area contributed by atoms with Crippen LogP contribution < -0.4 is 5.73 Å². The minimum atomic E-state index is -0.0653. The molecule has 0 aromatic heterocycles. The summed E-state index contributed by atoms with van der Waals surface area (Å²) < 4.78 is 5.91. The molecule has 13 heavy (non-hydrogen) atoms. The van der Waals surface area contributed by atoms with Crippen LogP contribution in [0.3, 0.4) is 0 Å². The molecule has 0 bridgehead atoms. The normalized spacial score (nSPS) is 16.2. The van der Waals surface area contributed by atoms with Crippen LogP contribution in [0.25, 0.3) is 0 Å². The summed E-state index contributed by atoms with van der Waals surface area (Å²) in [5.74, 6) is 0. The first-order valence-electron chi connectivity index (χ1n) is 5.48. The van der Waals surface area contributed by atoms with Gasteiger partial charge in [-0.2, -0.15) is 0 Å². The maximum absolute atomic E-state index is 5.91. The molecule has 0 aromatic rings. The highest BCUT2D eigenvalue weighted by Crippen LogP contribution is 2.23. The van der Waals surface area contributed by atoms with E-state index in [4.69, 9.17) is 10.5 Å². The van der Waals surface area contributed by atoms with Gasteiger partial charge in [0, 0.05) is 6.54 Å². The van der Waals surface area contributed by atoms with Gasteiger partial charge in [-0.3, -0.25) is 0 Å². The Labute approximate surface area is 82.8 Å². The molecule has 1 unspecified atom stereocenters. The predicted molar refractivity (Wildman–Crippen MR) is 57.8 cm³/mol. The Morgan fingerprint density at radius 1 is 1.31 bits per heavy atom. The summed E-state index contributed by atoms with van der Waals surface area (Å²) >= 11 is 0. The molecule has 0 amide bonds. The number of hydrogen-bond acceptors (Lipinski definition) is 2. The van der Waals surface area contributed by atoms with Gasteiger partial charge in [0.2, 0.25) is 0 Å². The van der Waals surface area contributed by atoms with Crippen molar-refractivity contribution in [3.05, 3.63) is 0 Å². The topological polar surface area (TPSA) is 35.2 Å². The molecular formula is C11H25NO. The standard InChI is InChI=1S/C11H25NO/c1-5-7-8-11(6-2,9-12)13-10(3)4/h10H,5-9,12H2,1-4H3. The minimum Gasteiger partial charge on any atom is -0.371 e. The van der Waals surface area contributed by atoms with E-state index >= 15 is 0 Å². The zero-order chi connectivity index (χ0) is 10.3. The van der Waals surface area contributed by atoms with Crippen LogP contribution in [-0.2, 0) is 4.74 Å². The van der Waals surface area contributed by atoms with Crippen molar-refractivity contribution in [2.24, 2.45) is 5.73 Å². The number of hydrogen-bond donors (Lipinski definition) is 1. The van der Waals surface area contributed by atoms with Crippen molar-refractivity contribution in [1.29, 1.82) is 0 Å². The maximum atomic E-state index is 5.91. The average Bonchev–Trinajstić information content (AvgIpc) is 2.12. The predicted octanol–water partition coefficient (Wildman–Crippen LogP) is 2.71. The fourth-order valence-corrected chi connectivity index (χ4v) is 1.61. The van der Waals surface area contributed by atoms with E-state index in [1.54, 1.807) is 0 Å². The van der Waals surface area contributed by atoms with Gasteiger partial charge in [-0.1, -0.05) is 26.7 Å². The van der Waals surface area contributed by atoms with Gasteiger partial charge in [-0.15, -0.1) is 0 Å². The van der Waals surface area contributed by atoms with Gasteiger partial charge in [-0.25, -0.2) is 0 Å². The largest absolute Gasteiger partial charge is 0.371 e. The molecular weight excluding hydrogens is 162 g/mol. The first-order chi connectivity index (χ1) is 6.10. The summed E-state index contributed by atoms with van der Waals surface area (Å²) in [7, 11) is 0. The van der Waals surface area contributed by atoms with Crippen LogP contribution in [0.5, 0.6) is 0 Å². The van der Waals surface area contributed by atoms with E-state index in [0.29, 0.717) is 6.54 Å². The summed E-state index contributed by atoms with van der Waals surface area (Å²) in [4.78, 5) is 0. The first kappa shape index (κ1) is 12.9. The second kappa shape index (κ2) is 6.39. The summed E-state index contributed by atoms with van der Waals surface area (Å²) in [6, 6.07) is 0. The molecule has 0 aliphatic rings. The Hall–Kier alpha value is -0.0800. The Morgan fingerprint density at radius 2 is 1.92 bits per heavy atom. The lowest BCUT2D eigenvalue weighted by atomic mass is 9.93. The van der Waals surface area contributed by atoms with Crippen molar-refractivity contribution in [3.63, 3.8) is 0 Å². The van der Waals surface area contributed by atoms with Crippen molar-refractivity contribution in [2.75, 3.05) is 6.54 Å². The minimum absolute atomic E-state index is 0.0653. The second-order valence-corrected chi connectivity index (χ2v) is 4.01. The number of rotatable bonds is 7. The molecule has 0 rings (SSSR count). The molecule has 2 nitrogen and oxygen atoms in total. The van der Waals surface area contributed by atoms with Gasteiger partial charge < -0.3 is 10.5 Å². The summed E-state index contributed by atoms with van der Waals surface area (Å²) in [6.45, 7) is 9.15. The van der Waals surface area contributed by atoms with Gasteiger partial charge in [0.25, 0.3) is 0 Å². The average molecular weight is 187 g/mol. The molecule has 0 saturated heterocycles. The van der Waals surface area contributed by atoms with E-state index in [1.165, 1.54) is 12.8 Å². The highest BCUT2D eigenvalue weighted by atomic mass is 16.5. The highest BCUT2D eigenvalue weighted by Gasteiger charge is 2.27. The fraction of sp³-hybridized carbons (Fsp3) is 1.00. The molecule has 80 valence electrons. The molecule has 2 heteroatoms. The van der Waals surface area contributed by atoms with Crippen LogP contribution >= 0.6 is 0 Å². The first-order valence-corrected chi connectivity index (χ1v) is 5.48. The van der Waals surface area contributed by atoms with Crippen LogP contribution in [0, 0.1) is 0 Å². The van der Waals surface area contributed by atoms with E-state index in [0.717, 1.165) is 12.8 Å². The number of ether oxygens (including phenoxy) is 1. The van der Waals surface area contributed by atoms with E-state index in [2.05, 4.69) is 27.7 Å². The Bertz CT molecular complexity index is 119. The van der Waals surface area contributed by atoms with Gasteiger partial charge in [-0.05, 0) is 26.7 Å². The number of nitrogens with two attached hydrogens (primary N) is 1. The van der Waals surface area contributed by atoms with Crippen LogP contribution in [0.15, 0.2) is 0 Å². The third kappa shape index (κ3) is 4.63. The molecule has 0 aromatic carbocycles. The Morgan fingerprint density at radius 3 is 2.23 bits per heavy atom. The molecule has 0 aliphatic heterocycles. The van der Waals surface area contributed by atoms with Crippen molar-refractivity contribution < 1.29 is 4.74 Å². The lowest BCUT2D eigenvalue weighted by Crippen LogP contribution is -2.42. The third-order valence-corrected chi connectivity index (χ3v) is 2.49. The van der Waals surface area contributed by atoms with Gasteiger partial charge in [0.05, 0.1) is 11.7 Å². The van der Waals surface area contributed by atoms with Gasteiger partial charge in [0.1, 0.15) is 0 Å². The smallest absolute Gasteiger partial charge is 0.0805 e. The second-order valence-electron chi connectivity index (χ2n) is 4.01. The lowest BCUT2D eigenvalue weighted by Gasteiger charge is -2.33. The lowest BCUT2D eigenvalue weighted by molar-refractivity contribution is -0.0824. The summed E-state index contributed by atoms with van der Waals surface area (Å²) in [5.41, 5.74) is 5.72. The SMILES string of the molecule is CCCCC(CC)(CN)OC(C)C. The molecule has 2 N–H and O–H groups in total. The zero-order valence-corrected chi connectivity index (χ0v) is 9.60. The van der Waals surface area contributed by atoms with Crippen molar-refractivity contribution in [2.45, 2.75) is 65.1 Å². The van der Waals surface area contributed by atoms with Crippen molar-refractivity contribution >= 4 is 0 Å². The Balaban J connectivity index is 4.13. The van der Waals surface area contributed by atoms with Gasteiger partial charge >= 0.3 is 0 Å². The Kier molecular flexibility index (Phi) is 6.35. The molecule has 0 spiro atoms. The summed E-state index contributed by atoms with van der Waals surface area (Å²) in [6.07, 6.45) is 4.80. The van der Waals surface area contributed by atoms with E-state index in [9.17, 15) is 0 Å². The molecule has 0 radical (unpaired) electrons. The van der Waals surface area contributed by atoms with E-state index in [-0.39, 0.29) is 11.7 Å². The van der Waals surface area contributed by atoms with E-state index < -0.39 is 0 Å². The molecule has 0 saturated carbocycles. The van der Waals surface area contributed by atoms with Crippen LogP contribution in [0.1, 0.15) is 53.4 Å². The van der Waals surface area contributed by atoms with Crippen LogP contribution in [-0.4, -0.2) is 18.2 Å². The van der Waals surface area contributed by atoms with Crippen molar-refractivity contribution in [3.8, 4) is 0 Å². The highest BCUT2D eigenvalue weighted by molar-refractivity contribution is 4.81. The monoisotopic (exact) mass is 187 g/mol. The van der Waals surface area contributed by atoms with Gasteiger partial charge in [0.15, 0.2) is 0 Å².